The van der Waals surface area contributed by atoms with Crippen LogP contribution >= 0.6 is 0 Å². The molecule has 0 aromatic carbocycles. The van der Waals surface area contributed by atoms with Crippen LogP contribution in [0.1, 0.15) is 86.0 Å². The number of carbonyl (C=O) groups excluding carboxylic acids is 2. The van der Waals surface area contributed by atoms with Gasteiger partial charge < -0.3 is 31.0 Å². The molecule has 5 rings (SSSR count). The third-order valence-corrected chi connectivity index (χ3v) is 9.75. The summed E-state index contributed by atoms with van der Waals surface area (Å²) < 4.78 is 13.2. The lowest BCUT2D eigenvalue weighted by Crippen LogP contribution is -2.65. The zero-order valence-electron chi connectivity index (χ0n) is 25.1. The number of nitro groups is 1. The predicted molar refractivity (Wildman–Crippen MR) is 155 cm³/mol. The number of rotatable bonds is 12. The SMILES string of the molecule is CC(C)C[C@H](NC(=O)[C@H](CCCN=C(N)N[N+](=O)[O-])NC(=O)[C@H]1CCCCN1)B1O[C@@H]2C[C@H]3C[C@H](C3(C)C)[C@]2(C)O1. The standard InChI is InChI=1S/C27H48BN7O6/c1-16(2)13-22(28-40-21-15-17-14-20(26(17,3)4)27(21,5)41-28)33-24(37)19(10-8-12-31-25(29)34-35(38)39)32-23(36)18-9-6-7-11-30-18/h16-22,30H,6-15H2,1-5H3,(H,32,36)(H,33,37)(H3,29,31,34)/t17-,18-,19+,20-,21-,22+,27+/m1/s1. The lowest BCUT2D eigenvalue weighted by Gasteiger charge is -2.64. The first-order valence-corrected chi connectivity index (χ1v) is 15.2. The molecule has 6 N–H and O–H groups in total. The van der Waals surface area contributed by atoms with Gasteiger partial charge in [0, 0.05) is 6.54 Å². The maximum absolute atomic E-state index is 13.7. The van der Waals surface area contributed by atoms with E-state index >= 15 is 0 Å². The Morgan fingerprint density at radius 2 is 1.98 bits per heavy atom. The molecule has 0 aromatic rings. The molecule has 2 saturated heterocycles. The summed E-state index contributed by atoms with van der Waals surface area (Å²) in [6.45, 7) is 11.9. The minimum atomic E-state index is -0.813. The second kappa shape index (κ2) is 12.8. The molecule has 0 aromatic heterocycles. The zero-order valence-corrected chi connectivity index (χ0v) is 25.1. The first-order valence-electron chi connectivity index (χ1n) is 15.2. The molecule has 2 amide bonds. The van der Waals surface area contributed by atoms with E-state index in [2.05, 4.69) is 55.6 Å². The number of piperidine rings is 1. The summed E-state index contributed by atoms with van der Waals surface area (Å²) in [6.07, 6.45) is 6.12. The largest absolute Gasteiger partial charge is 0.481 e. The maximum Gasteiger partial charge on any atom is 0.481 e. The van der Waals surface area contributed by atoms with Crippen molar-refractivity contribution in [2.75, 3.05) is 13.1 Å². The number of hydrogen-bond acceptors (Lipinski definition) is 8. The molecule has 41 heavy (non-hydrogen) atoms. The number of hydrogen-bond donors (Lipinski definition) is 5. The number of nitrogens with two attached hydrogens (primary N) is 1. The molecule has 5 aliphatic rings. The number of carbonyl (C=O) groups is 2. The molecule has 13 nitrogen and oxygen atoms in total. The van der Waals surface area contributed by atoms with Crippen molar-refractivity contribution in [3.8, 4) is 0 Å². The monoisotopic (exact) mass is 577 g/mol. The predicted octanol–water partition coefficient (Wildman–Crippen LogP) is 1.29. The van der Waals surface area contributed by atoms with Crippen LogP contribution in [0.15, 0.2) is 4.99 Å². The van der Waals surface area contributed by atoms with Gasteiger partial charge >= 0.3 is 7.12 Å². The van der Waals surface area contributed by atoms with Crippen LogP contribution in [0.3, 0.4) is 0 Å². The average Bonchev–Trinajstić information content (AvgIpc) is 3.26. The van der Waals surface area contributed by atoms with Crippen LogP contribution < -0.4 is 27.1 Å². The smallest absolute Gasteiger partial charge is 0.404 e. The van der Waals surface area contributed by atoms with E-state index in [1.165, 1.54) is 0 Å². The van der Waals surface area contributed by atoms with E-state index in [4.69, 9.17) is 15.0 Å². The van der Waals surface area contributed by atoms with Crippen LogP contribution in [0.2, 0.25) is 0 Å². The van der Waals surface area contributed by atoms with E-state index < -0.39 is 23.8 Å². The van der Waals surface area contributed by atoms with E-state index in [-0.39, 0.29) is 53.7 Å². The maximum atomic E-state index is 13.7. The number of nitrogens with one attached hydrogen (secondary N) is 4. The molecule has 7 atom stereocenters. The molecule has 5 fully saturated rings. The Bertz CT molecular complexity index is 1010. The molecule has 0 spiro atoms. The second-order valence-electron chi connectivity index (χ2n) is 13.4. The molecule has 2 aliphatic heterocycles. The highest BCUT2D eigenvalue weighted by atomic mass is 16.7. The first-order chi connectivity index (χ1) is 19.3. The molecule has 3 saturated carbocycles. The molecule has 230 valence electrons. The normalized spacial score (nSPS) is 32.0. The Labute approximate surface area is 243 Å². The third kappa shape index (κ3) is 7.14. The Balaban J connectivity index is 1.43. The fourth-order valence-electron chi connectivity index (χ4n) is 7.34. The molecular weight excluding hydrogens is 529 g/mol. The minimum Gasteiger partial charge on any atom is -0.404 e. The van der Waals surface area contributed by atoms with Crippen LogP contribution in [0.4, 0.5) is 0 Å². The quantitative estimate of drug-likeness (QED) is 0.0570. The van der Waals surface area contributed by atoms with Gasteiger partial charge in [-0.3, -0.25) is 9.59 Å². The fourth-order valence-corrected chi connectivity index (χ4v) is 7.34. The number of hydrazine groups is 1. The van der Waals surface area contributed by atoms with Crippen molar-refractivity contribution in [2.45, 2.75) is 116 Å². The molecule has 3 aliphatic carbocycles. The van der Waals surface area contributed by atoms with Crippen molar-refractivity contribution >= 4 is 24.9 Å². The van der Waals surface area contributed by atoms with Crippen molar-refractivity contribution < 1.29 is 23.9 Å². The second-order valence-corrected chi connectivity index (χ2v) is 13.4. The lowest BCUT2D eigenvalue weighted by atomic mass is 9.43. The topological polar surface area (TPSA) is 182 Å². The fraction of sp³-hybridized carbons (Fsp3) is 0.889. The number of aliphatic imine (C=N–C) groups is 1. The Morgan fingerprint density at radius 3 is 2.61 bits per heavy atom. The van der Waals surface area contributed by atoms with Gasteiger partial charge in [-0.1, -0.05) is 39.5 Å². The molecule has 0 unspecified atom stereocenters. The molecule has 14 heteroatoms. The number of guanidine groups is 1. The van der Waals surface area contributed by atoms with Gasteiger partial charge in [0.1, 0.15) is 6.04 Å². The highest BCUT2D eigenvalue weighted by Crippen LogP contribution is 2.65. The summed E-state index contributed by atoms with van der Waals surface area (Å²) in [5.41, 5.74) is 7.14. The molecule has 2 heterocycles. The summed E-state index contributed by atoms with van der Waals surface area (Å²) in [7, 11) is -0.569. The van der Waals surface area contributed by atoms with Crippen LogP contribution in [-0.4, -0.2) is 72.7 Å². The van der Waals surface area contributed by atoms with Crippen LogP contribution in [0.25, 0.3) is 0 Å². The van der Waals surface area contributed by atoms with Crippen molar-refractivity contribution in [1.82, 2.24) is 21.4 Å². The van der Waals surface area contributed by atoms with Crippen LogP contribution in [-0.2, 0) is 18.9 Å². The molecule has 0 radical (unpaired) electrons. The van der Waals surface area contributed by atoms with Gasteiger partial charge in [0.25, 0.3) is 5.96 Å². The zero-order chi connectivity index (χ0) is 29.9. The summed E-state index contributed by atoms with van der Waals surface area (Å²) >= 11 is 0. The van der Waals surface area contributed by atoms with E-state index in [1.807, 2.05) is 0 Å². The Kier molecular flexibility index (Phi) is 9.85. The van der Waals surface area contributed by atoms with E-state index in [0.29, 0.717) is 37.5 Å². The molecular formula is C27H48BN7O6. The van der Waals surface area contributed by atoms with Crippen LogP contribution in [0.5, 0.6) is 0 Å². The van der Waals surface area contributed by atoms with E-state index in [1.54, 1.807) is 5.43 Å². The van der Waals surface area contributed by atoms with E-state index in [9.17, 15) is 19.7 Å². The minimum absolute atomic E-state index is 0.000176. The van der Waals surface area contributed by atoms with Gasteiger partial charge in [-0.15, -0.1) is 0 Å². The van der Waals surface area contributed by atoms with Crippen molar-refractivity contribution in [3.63, 3.8) is 0 Å². The van der Waals surface area contributed by atoms with Crippen LogP contribution in [0, 0.1) is 33.3 Å². The van der Waals surface area contributed by atoms with Crippen molar-refractivity contribution in [3.05, 3.63) is 10.1 Å². The summed E-state index contributed by atoms with van der Waals surface area (Å²) in [6, 6.07) is -1.16. The van der Waals surface area contributed by atoms with Gasteiger partial charge in [0.15, 0.2) is 5.03 Å². The van der Waals surface area contributed by atoms with Crippen molar-refractivity contribution in [2.24, 2.45) is 33.9 Å². The summed E-state index contributed by atoms with van der Waals surface area (Å²) in [4.78, 5) is 41.3. The highest BCUT2D eigenvalue weighted by molar-refractivity contribution is 6.48. The van der Waals surface area contributed by atoms with Gasteiger partial charge in [0.2, 0.25) is 11.8 Å². The van der Waals surface area contributed by atoms with Gasteiger partial charge in [-0.25, -0.2) is 15.1 Å². The number of nitrogens with zero attached hydrogens (tertiary/aromatic N) is 2. The number of amides is 2. The van der Waals surface area contributed by atoms with Crippen molar-refractivity contribution in [1.29, 1.82) is 0 Å². The summed E-state index contributed by atoms with van der Waals surface area (Å²) in [5, 5.41) is 19.1. The third-order valence-electron chi connectivity index (χ3n) is 9.75. The average molecular weight is 578 g/mol. The lowest BCUT2D eigenvalue weighted by molar-refractivity contribution is -0.525. The summed E-state index contributed by atoms with van der Waals surface area (Å²) in [5.74, 6) is 0.0989. The Hall–Kier alpha value is -2.45. The van der Waals surface area contributed by atoms with Gasteiger partial charge in [-0.2, -0.15) is 0 Å². The van der Waals surface area contributed by atoms with Gasteiger partial charge in [-0.05, 0) is 81.6 Å². The molecule has 2 bridgehead atoms. The Morgan fingerprint density at radius 1 is 1.22 bits per heavy atom. The first kappa shape index (κ1) is 31.5. The van der Waals surface area contributed by atoms with E-state index in [0.717, 1.165) is 32.2 Å². The highest BCUT2D eigenvalue weighted by Gasteiger charge is 2.68. The van der Waals surface area contributed by atoms with Gasteiger partial charge in [0.05, 0.1) is 23.7 Å².